The number of para-hydroxylation sites is 1. The Kier molecular flexibility index (Phi) is 5.83. The number of fused-ring (bicyclic) bond motifs is 2. The number of rotatable bonds is 5. The van der Waals surface area contributed by atoms with Gasteiger partial charge in [-0.15, -0.1) is 0 Å². The number of allylic oxidation sites excluding steroid dienone is 1. The van der Waals surface area contributed by atoms with Crippen LogP contribution in [0.5, 0.6) is 5.88 Å². The van der Waals surface area contributed by atoms with Crippen LogP contribution in [-0.4, -0.2) is 22.9 Å². The number of carbonyl (C=O) groups excluding carboxylic acids is 1. The third-order valence-electron chi connectivity index (χ3n) is 5.76. The highest BCUT2D eigenvalue weighted by atomic mass is 35.5. The molecule has 0 unspecified atom stereocenters. The molecule has 0 fully saturated rings. The van der Waals surface area contributed by atoms with Gasteiger partial charge in [-0.25, -0.2) is 4.98 Å². The maximum Gasteiger partial charge on any atom is 0.221 e. The molecule has 0 atom stereocenters. The highest BCUT2D eigenvalue weighted by Crippen LogP contribution is 2.34. The van der Waals surface area contributed by atoms with Gasteiger partial charge in [0.05, 0.1) is 23.7 Å². The molecule has 4 nitrogen and oxygen atoms in total. The van der Waals surface area contributed by atoms with E-state index in [1.165, 1.54) is 0 Å². The summed E-state index contributed by atoms with van der Waals surface area (Å²) in [6, 6.07) is 25.2. The fourth-order valence-corrected chi connectivity index (χ4v) is 4.40. The van der Waals surface area contributed by atoms with Crippen LogP contribution in [0.1, 0.15) is 21.6 Å². The van der Waals surface area contributed by atoms with Crippen LogP contribution < -0.4 is 4.74 Å². The number of carbonyl (C=O) groups is 1. The lowest BCUT2D eigenvalue weighted by Gasteiger charge is -2.14. The van der Waals surface area contributed by atoms with Crippen LogP contribution in [0.4, 0.5) is 0 Å². The van der Waals surface area contributed by atoms with Crippen molar-refractivity contribution in [2.45, 2.75) is 6.92 Å². The molecule has 34 heavy (non-hydrogen) atoms. The summed E-state index contributed by atoms with van der Waals surface area (Å²) in [5.41, 5.74) is 5.44. The third-order valence-corrected chi connectivity index (χ3v) is 5.99. The fraction of sp³-hybridized carbons (Fsp3) is 0.0690. The van der Waals surface area contributed by atoms with Crippen LogP contribution in [0.15, 0.2) is 84.9 Å². The lowest BCUT2D eigenvalue weighted by Crippen LogP contribution is -2.05. The Hall–Kier alpha value is -4.02. The number of hydrogen-bond acceptors (Lipinski definition) is 4. The quantitative estimate of drug-likeness (QED) is 0.202. The molecule has 0 bridgehead atoms. The van der Waals surface area contributed by atoms with Gasteiger partial charge in [-0.05, 0) is 55.0 Å². The average Bonchev–Trinajstić information content (AvgIpc) is 2.86. The van der Waals surface area contributed by atoms with Crippen LogP contribution in [0, 0.1) is 6.92 Å². The molecule has 0 radical (unpaired) electrons. The summed E-state index contributed by atoms with van der Waals surface area (Å²) in [4.78, 5) is 22.9. The SMILES string of the molecule is COc1nc2ccc(Cl)cc2cc1/C=C/C(=O)c1c(C)nc2ccccc2c1-c1ccccc1. The molecule has 5 heteroatoms. The molecule has 5 aromatic rings. The number of pyridine rings is 2. The second-order valence-electron chi connectivity index (χ2n) is 7.95. The second-order valence-corrected chi connectivity index (χ2v) is 8.39. The molecule has 0 saturated carbocycles. The topological polar surface area (TPSA) is 52.1 Å². The van der Waals surface area contributed by atoms with Gasteiger partial charge in [-0.2, -0.15) is 0 Å². The first-order valence-corrected chi connectivity index (χ1v) is 11.2. The summed E-state index contributed by atoms with van der Waals surface area (Å²) < 4.78 is 5.48. The molecule has 0 aliphatic carbocycles. The minimum atomic E-state index is -0.136. The van der Waals surface area contributed by atoms with Crippen molar-refractivity contribution in [2.24, 2.45) is 0 Å². The second kappa shape index (κ2) is 9.08. The lowest BCUT2D eigenvalue weighted by atomic mass is 9.92. The average molecular weight is 465 g/mol. The van der Waals surface area contributed by atoms with E-state index in [4.69, 9.17) is 21.3 Å². The number of halogens is 1. The van der Waals surface area contributed by atoms with Gasteiger partial charge < -0.3 is 4.74 Å². The number of aryl methyl sites for hydroxylation is 1. The molecule has 0 spiro atoms. The van der Waals surface area contributed by atoms with Crippen molar-refractivity contribution in [3.63, 3.8) is 0 Å². The Morgan fingerprint density at radius 3 is 2.47 bits per heavy atom. The Morgan fingerprint density at radius 2 is 1.68 bits per heavy atom. The number of hydrogen-bond donors (Lipinski definition) is 0. The van der Waals surface area contributed by atoms with Crippen LogP contribution in [-0.2, 0) is 0 Å². The number of methoxy groups -OCH3 is 1. The molecule has 0 amide bonds. The molecular formula is C29H21ClN2O2. The normalized spacial score (nSPS) is 11.4. The number of ketones is 1. The van der Waals surface area contributed by atoms with Crippen molar-refractivity contribution in [1.82, 2.24) is 9.97 Å². The van der Waals surface area contributed by atoms with Gasteiger partial charge in [0.2, 0.25) is 5.88 Å². The summed E-state index contributed by atoms with van der Waals surface area (Å²) in [5, 5.41) is 2.43. The van der Waals surface area contributed by atoms with Gasteiger partial charge in [0.25, 0.3) is 0 Å². The molecular weight excluding hydrogens is 444 g/mol. The monoisotopic (exact) mass is 464 g/mol. The van der Waals surface area contributed by atoms with Gasteiger partial charge in [0.15, 0.2) is 5.78 Å². The Labute approximate surface area is 202 Å². The standard InChI is InChI=1S/C29H21ClN2O2/c1-18-27(28(19-8-4-3-5-9-19)23-10-6-7-11-25(23)31-18)26(33)15-12-20-16-21-17-22(30)13-14-24(21)32-29(20)34-2/h3-17H,1-2H3/b15-12+. The van der Waals surface area contributed by atoms with E-state index in [9.17, 15) is 4.79 Å². The Bertz CT molecular complexity index is 1580. The molecule has 2 aromatic heterocycles. The van der Waals surface area contributed by atoms with Gasteiger partial charge in [-0.3, -0.25) is 9.78 Å². The highest BCUT2D eigenvalue weighted by Gasteiger charge is 2.19. The maximum atomic E-state index is 13.6. The molecule has 0 aliphatic heterocycles. The van der Waals surface area contributed by atoms with E-state index in [-0.39, 0.29) is 5.78 Å². The summed E-state index contributed by atoms with van der Waals surface area (Å²) in [5.74, 6) is 0.304. The van der Waals surface area contributed by atoms with Crippen molar-refractivity contribution in [3.05, 3.63) is 107 Å². The van der Waals surface area contributed by atoms with Crippen LogP contribution >= 0.6 is 11.6 Å². The lowest BCUT2D eigenvalue weighted by molar-refractivity contribution is 0.104. The first kappa shape index (κ1) is 21.8. The molecule has 3 aromatic carbocycles. The zero-order valence-electron chi connectivity index (χ0n) is 18.7. The predicted octanol–water partition coefficient (Wildman–Crippen LogP) is 7.32. The molecule has 5 rings (SSSR count). The molecule has 2 heterocycles. The van der Waals surface area contributed by atoms with E-state index in [0.29, 0.717) is 27.7 Å². The number of nitrogens with zero attached hydrogens (tertiary/aromatic N) is 2. The van der Waals surface area contributed by atoms with Crippen molar-refractivity contribution in [3.8, 4) is 17.0 Å². The van der Waals surface area contributed by atoms with Crippen molar-refractivity contribution < 1.29 is 9.53 Å². The van der Waals surface area contributed by atoms with E-state index in [1.807, 2.05) is 79.7 Å². The molecule has 166 valence electrons. The zero-order chi connectivity index (χ0) is 23.7. The fourth-order valence-electron chi connectivity index (χ4n) is 4.22. The number of ether oxygens (including phenoxy) is 1. The van der Waals surface area contributed by atoms with E-state index < -0.39 is 0 Å². The minimum Gasteiger partial charge on any atom is -0.481 e. The largest absolute Gasteiger partial charge is 0.481 e. The molecule has 0 aliphatic rings. The van der Waals surface area contributed by atoms with E-state index >= 15 is 0 Å². The molecule has 0 saturated heterocycles. The summed E-state index contributed by atoms with van der Waals surface area (Å²) >= 11 is 6.15. The van der Waals surface area contributed by atoms with Gasteiger partial charge in [-0.1, -0.05) is 60.1 Å². The maximum absolute atomic E-state index is 13.6. The van der Waals surface area contributed by atoms with Crippen LogP contribution in [0.25, 0.3) is 39.0 Å². The summed E-state index contributed by atoms with van der Waals surface area (Å²) in [7, 11) is 1.56. The zero-order valence-corrected chi connectivity index (χ0v) is 19.5. The van der Waals surface area contributed by atoms with Gasteiger partial charge in [0.1, 0.15) is 0 Å². The first-order valence-electron chi connectivity index (χ1n) is 10.9. The Balaban J connectivity index is 1.64. The minimum absolute atomic E-state index is 0.136. The highest BCUT2D eigenvalue weighted by molar-refractivity contribution is 6.31. The van der Waals surface area contributed by atoms with Gasteiger partial charge in [0, 0.05) is 32.6 Å². The van der Waals surface area contributed by atoms with Crippen molar-refractivity contribution in [2.75, 3.05) is 7.11 Å². The smallest absolute Gasteiger partial charge is 0.221 e. The predicted molar refractivity (Wildman–Crippen MR) is 139 cm³/mol. The summed E-state index contributed by atoms with van der Waals surface area (Å²) in [6.07, 6.45) is 3.29. The third kappa shape index (κ3) is 4.04. The van der Waals surface area contributed by atoms with E-state index in [1.54, 1.807) is 25.3 Å². The number of aromatic nitrogens is 2. The van der Waals surface area contributed by atoms with E-state index in [2.05, 4.69) is 4.98 Å². The van der Waals surface area contributed by atoms with Crippen LogP contribution in [0.2, 0.25) is 5.02 Å². The first-order chi connectivity index (χ1) is 16.5. The Morgan fingerprint density at radius 1 is 0.912 bits per heavy atom. The molecule has 0 N–H and O–H groups in total. The van der Waals surface area contributed by atoms with Crippen LogP contribution in [0.3, 0.4) is 0 Å². The van der Waals surface area contributed by atoms with Gasteiger partial charge >= 0.3 is 0 Å². The van der Waals surface area contributed by atoms with Crippen molar-refractivity contribution in [1.29, 1.82) is 0 Å². The van der Waals surface area contributed by atoms with E-state index in [0.717, 1.165) is 32.9 Å². The van der Waals surface area contributed by atoms with Crippen molar-refractivity contribution >= 4 is 45.3 Å². The number of benzene rings is 3. The summed E-state index contributed by atoms with van der Waals surface area (Å²) in [6.45, 7) is 1.88.